The summed E-state index contributed by atoms with van der Waals surface area (Å²) in [7, 11) is 0. The number of nitrogens with zero attached hydrogens (tertiary/aromatic N) is 2. The van der Waals surface area contributed by atoms with Gasteiger partial charge in [0.15, 0.2) is 0 Å². The van der Waals surface area contributed by atoms with Gasteiger partial charge in [-0.05, 0) is 39.3 Å². The zero-order valence-corrected chi connectivity index (χ0v) is 13.7. The maximum absolute atomic E-state index is 12.3. The molecule has 1 aliphatic heterocycles. The molecule has 0 aromatic carbocycles. The summed E-state index contributed by atoms with van der Waals surface area (Å²) in [6, 6.07) is 4.11. The van der Waals surface area contributed by atoms with Crippen LogP contribution in [0.1, 0.15) is 38.9 Å². The van der Waals surface area contributed by atoms with E-state index in [1.165, 1.54) is 4.90 Å². The Bertz CT molecular complexity index is 556. The SMILES string of the molecule is CC(C)(C)OC(=O)N1CC[C@@H]1C(=O)NC(CO)c1ccccn1. The maximum atomic E-state index is 12.3. The number of hydrogen-bond donors (Lipinski definition) is 2. The van der Waals surface area contributed by atoms with Gasteiger partial charge in [0.1, 0.15) is 11.6 Å². The number of carbonyl (C=O) groups excluding carboxylic acids is 2. The van der Waals surface area contributed by atoms with Crippen LogP contribution in [0.25, 0.3) is 0 Å². The summed E-state index contributed by atoms with van der Waals surface area (Å²) in [4.78, 5) is 29.9. The van der Waals surface area contributed by atoms with Crippen LogP contribution in [0.15, 0.2) is 24.4 Å². The van der Waals surface area contributed by atoms with E-state index in [4.69, 9.17) is 4.74 Å². The van der Waals surface area contributed by atoms with Crippen molar-refractivity contribution in [1.82, 2.24) is 15.2 Å². The van der Waals surface area contributed by atoms with Crippen molar-refractivity contribution in [2.24, 2.45) is 0 Å². The minimum atomic E-state index is -0.602. The fraction of sp³-hybridized carbons (Fsp3) is 0.562. The van der Waals surface area contributed by atoms with Gasteiger partial charge in [0.05, 0.1) is 18.3 Å². The van der Waals surface area contributed by atoms with E-state index in [9.17, 15) is 14.7 Å². The third-order valence-corrected chi connectivity index (χ3v) is 3.49. The van der Waals surface area contributed by atoms with E-state index < -0.39 is 23.8 Å². The zero-order valence-electron chi connectivity index (χ0n) is 13.7. The van der Waals surface area contributed by atoms with Gasteiger partial charge in [0.2, 0.25) is 5.91 Å². The quantitative estimate of drug-likeness (QED) is 0.870. The largest absolute Gasteiger partial charge is 0.444 e. The number of ether oxygens (including phenoxy) is 1. The highest BCUT2D eigenvalue weighted by Gasteiger charge is 2.40. The number of likely N-dealkylation sites (tertiary alicyclic amines) is 1. The summed E-state index contributed by atoms with van der Waals surface area (Å²) in [5.74, 6) is -0.313. The molecule has 0 saturated carbocycles. The Labute approximate surface area is 135 Å². The zero-order chi connectivity index (χ0) is 17.0. The molecular formula is C16H23N3O4. The molecule has 1 aromatic heterocycles. The Balaban J connectivity index is 1.96. The Morgan fingerprint density at radius 1 is 1.48 bits per heavy atom. The van der Waals surface area contributed by atoms with Crippen molar-refractivity contribution in [3.05, 3.63) is 30.1 Å². The number of amides is 2. The van der Waals surface area contributed by atoms with Gasteiger partial charge >= 0.3 is 6.09 Å². The van der Waals surface area contributed by atoms with Gasteiger partial charge in [0.25, 0.3) is 0 Å². The highest BCUT2D eigenvalue weighted by molar-refractivity contribution is 5.87. The Kier molecular flexibility index (Phi) is 5.20. The van der Waals surface area contributed by atoms with E-state index in [1.54, 1.807) is 45.2 Å². The van der Waals surface area contributed by atoms with Crippen molar-refractivity contribution in [1.29, 1.82) is 0 Å². The lowest BCUT2D eigenvalue weighted by molar-refractivity contribution is -0.131. The first kappa shape index (κ1) is 17.2. The molecule has 7 nitrogen and oxygen atoms in total. The highest BCUT2D eigenvalue weighted by Crippen LogP contribution is 2.22. The first-order valence-electron chi connectivity index (χ1n) is 7.63. The third-order valence-electron chi connectivity index (χ3n) is 3.49. The smallest absolute Gasteiger partial charge is 0.410 e. The second kappa shape index (κ2) is 6.95. The van der Waals surface area contributed by atoms with E-state index in [0.29, 0.717) is 18.7 Å². The molecule has 1 unspecified atom stereocenters. The summed E-state index contributed by atoms with van der Waals surface area (Å²) in [6.07, 6.45) is 1.67. The number of aromatic nitrogens is 1. The predicted octanol–water partition coefficient (Wildman–Crippen LogP) is 1.24. The van der Waals surface area contributed by atoms with Crippen LogP contribution in [0.5, 0.6) is 0 Å². The van der Waals surface area contributed by atoms with Crippen LogP contribution in [0.4, 0.5) is 4.79 Å². The molecule has 0 aliphatic carbocycles. The minimum Gasteiger partial charge on any atom is -0.444 e. The molecule has 1 saturated heterocycles. The molecule has 2 rings (SSSR count). The molecule has 2 amide bonds. The number of aliphatic hydroxyl groups excluding tert-OH is 1. The van der Waals surface area contributed by atoms with Crippen LogP contribution >= 0.6 is 0 Å². The van der Waals surface area contributed by atoms with Crippen LogP contribution in [0.2, 0.25) is 0 Å². The number of aliphatic hydroxyl groups is 1. The van der Waals surface area contributed by atoms with Crippen molar-refractivity contribution in [3.63, 3.8) is 0 Å². The molecule has 2 N–H and O–H groups in total. The van der Waals surface area contributed by atoms with Crippen molar-refractivity contribution in [3.8, 4) is 0 Å². The van der Waals surface area contributed by atoms with E-state index in [1.807, 2.05) is 0 Å². The molecule has 7 heteroatoms. The molecule has 126 valence electrons. The summed E-state index contributed by atoms with van der Waals surface area (Å²) < 4.78 is 5.28. The van der Waals surface area contributed by atoms with E-state index in [2.05, 4.69) is 10.3 Å². The predicted molar refractivity (Wildman–Crippen MR) is 83.6 cm³/mol. The molecule has 1 aromatic rings. The fourth-order valence-electron chi connectivity index (χ4n) is 2.26. The van der Waals surface area contributed by atoms with Gasteiger partial charge in [-0.15, -0.1) is 0 Å². The molecule has 2 heterocycles. The number of hydrogen-bond acceptors (Lipinski definition) is 5. The summed E-state index contributed by atoms with van der Waals surface area (Å²) >= 11 is 0. The lowest BCUT2D eigenvalue weighted by atomic mass is 10.0. The van der Waals surface area contributed by atoms with Gasteiger partial charge in [-0.1, -0.05) is 6.07 Å². The normalized spacial score (nSPS) is 18.8. The van der Waals surface area contributed by atoms with Crippen LogP contribution in [0, 0.1) is 0 Å². The fourth-order valence-corrected chi connectivity index (χ4v) is 2.26. The van der Waals surface area contributed by atoms with E-state index in [0.717, 1.165) is 0 Å². The van der Waals surface area contributed by atoms with Crippen LogP contribution in [0.3, 0.4) is 0 Å². The Morgan fingerprint density at radius 2 is 2.22 bits per heavy atom. The summed E-state index contributed by atoms with van der Waals surface area (Å²) in [6.45, 7) is 5.57. The molecule has 23 heavy (non-hydrogen) atoms. The molecule has 1 aliphatic rings. The average Bonchev–Trinajstić information content (AvgIpc) is 2.42. The monoisotopic (exact) mass is 321 g/mol. The van der Waals surface area contributed by atoms with Crippen molar-refractivity contribution < 1.29 is 19.4 Å². The Hall–Kier alpha value is -2.15. The average molecular weight is 321 g/mol. The first-order valence-corrected chi connectivity index (χ1v) is 7.63. The summed E-state index contributed by atoms with van der Waals surface area (Å²) in [5.41, 5.74) is -0.0264. The standard InChI is InChI=1S/C16H23N3O4/c1-16(2,3)23-15(22)19-9-7-13(19)14(21)18-12(10-20)11-6-4-5-8-17-11/h4-6,8,12-13,20H,7,9-10H2,1-3H3,(H,18,21)/t12?,13-/m1/s1. The van der Waals surface area contributed by atoms with Crippen molar-refractivity contribution >= 4 is 12.0 Å². The van der Waals surface area contributed by atoms with Gasteiger partial charge in [0, 0.05) is 12.7 Å². The lowest BCUT2D eigenvalue weighted by Gasteiger charge is -2.40. The summed E-state index contributed by atoms with van der Waals surface area (Å²) in [5, 5.41) is 12.2. The Morgan fingerprint density at radius 3 is 2.70 bits per heavy atom. The van der Waals surface area contributed by atoms with Crippen molar-refractivity contribution in [2.45, 2.75) is 44.9 Å². The molecule has 2 atom stereocenters. The van der Waals surface area contributed by atoms with E-state index >= 15 is 0 Å². The number of rotatable bonds is 4. The van der Waals surface area contributed by atoms with Gasteiger partial charge in [-0.2, -0.15) is 0 Å². The minimum absolute atomic E-state index is 0.262. The molecule has 0 spiro atoms. The number of pyridine rings is 1. The van der Waals surface area contributed by atoms with Gasteiger partial charge in [-0.25, -0.2) is 4.79 Å². The first-order chi connectivity index (χ1) is 10.8. The number of nitrogens with one attached hydrogen (secondary N) is 1. The second-order valence-corrected chi connectivity index (χ2v) is 6.48. The van der Waals surface area contributed by atoms with Crippen LogP contribution in [-0.2, 0) is 9.53 Å². The third kappa shape index (κ3) is 4.41. The van der Waals surface area contributed by atoms with Gasteiger partial charge in [-0.3, -0.25) is 14.7 Å². The molecule has 0 bridgehead atoms. The number of carbonyl (C=O) groups is 2. The topological polar surface area (TPSA) is 91.8 Å². The van der Waals surface area contributed by atoms with E-state index in [-0.39, 0.29) is 12.5 Å². The van der Waals surface area contributed by atoms with Gasteiger partial charge < -0.3 is 15.2 Å². The highest BCUT2D eigenvalue weighted by atomic mass is 16.6. The molecule has 0 radical (unpaired) electrons. The van der Waals surface area contributed by atoms with Crippen LogP contribution in [-0.4, -0.2) is 51.8 Å². The maximum Gasteiger partial charge on any atom is 0.410 e. The van der Waals surface area contributed by atoms with Crippen molar-refractivity contribution in [2.75, 3.05) is 13.2 Å². The molecular weight excluding hydrogens is 298 g/mol. The lowest BCUT2D eigenvalue weighted by Crippen LogP contribution is -2.59. The molecule has 1 fully saturated rings. The second-order valence-electron chi connectivity index (χ2n) is 6.48. The van der Waals surface area contributed by atoms with Crippen LogP contribution < -0.4 is 5.32 Å².